The molecule has 0 bridgehead atoms. The van der Waals surface area contributed by atoms with Crippen LogP contribution in [0.3, 0.4) is 0 Å². The molecule has 0 unspecified atom stereocenters. The summed E-state index contributed by atoms with van der Waals surface area (Å²) < 4.78 is 0. The number of aromatic nitrogens is 1. The minimum absolute atomic E-state index is 0.193. The van der Waals surface area contributed by atoms with E-state index in [4.69, 9.17) is 5.73 Å². The fraction of sp³-hybridized carbons (Fsp3) is 0.176. The van der Waals surface area contributed by atoms with Gasteiger partial charge in [-0.2, -0.15) is 0 Å². The van der Waals surface area contributed by atoms with E-state index in [9.17, 15) is 4.79 Å². The van der Waals surface area contributed by atoms with Crippen molar-refractivity contribution in [3.8, 4) is 0 Å². The third-order valence-corrected chi connectivity index (χ3v) is 4.82. The molecular weight excluding hydrogens is 294 g/mol. The molecule has 3 N–H and O–H groups in total. The van der Waals surface area contributed by atoms with E-state index in [2.05, 4.69) is 10.3 Å². The lowest BCUT2D eigenvalue weighted by atomic mass is 10.1. The highest BCUT2D eigenvalue weighted by atomic mass is 32.1. The summed E-state index contributed by atoms with van der Waals surface area (Å²) in [6, 6.07) is 9.65. The van der Waals surface area contributed by atoms with Crippen LogP contribution in [0.4, 0.5) is 11.4 Å². The number of amides is 1. The lowest BCUT2D eigenvalue weighted by molar-refractivity contribution is 0.103. The molecule has 0 fully saturated rings. The largest absolute Gasteiger partial charge is 0.397 e. The van der Waals surface area contributed by atoms with Gasteiger partial charge in [0.05, 0.1) is 5.69 Å². The zero-order valence-electron chi connectivity index (χ0n) is 12.7. The van der Waals surface area contributed by atoms with E-state index in [1.54, 1.807) is 0 Å². The van der Waals surface area contributed by atoms with Gasteiger partial charge in [0.25, 0.3) is 5.91 Å². The molecule has 0 atom stereocenters. The second-order valence-corrected chi connectivity index (χ2v) is 6.40. The first-order valence-electron chi connectivity index (χ1n) is 7.00. The van der Waals surface area contributed by atoms with Crippen molar-refractivity contribution in [1.29, 1.82) is 0 Å². The molecule has 22 heavy (non-hydrogen) atoms. The number of nitrogens with one attached hydrogen (secondary N) is 1. The lowest BCUT2D eigenvalue weighted by Crippen LogP contribution is -2.12. The number of pyridine rings is 1. The molecule has 0 aliphatic carbocycles. The molecule has 2 aromatic heterocycles. The van der Waals surface area contributed by atoms with Crippen molar-refractivity contribution in [2.75, 3.05) is 11.1 Å². The number of nitrogens with zero attached hydrogens (tertiary/aromatic N) is 1. The number of thiophene rings is 1. The Labute approximate surface area is 133 Å². The summed E-state index contributed by atoms with van der Waals surface area (Å²) in [4.78, 5) is 18.2. The second kappa shape index (κ2) is 5.42. The first kappa shape index (κ1) is 14.5. The molecule has 0 aliphatic heterocycles. The number of hydrogen-bond donors (Lipinski definition) is 2. The maximum absolute atomic E-state index is 12.5. The first-order chi connectivity index (χ1) is 10.5. The van der Waals surface area contributed by atoms with Crippen molar-refractivity contribution in [3.63, 3.8) is 0 Å². The summed E-state index contributed by atoms with van der Waals surface area (Å²) in [6.07, 6.45) is 0. The van der Waals surface area contributed by atoms with Crippen LogP contribution in [0.25, 0.3) is 10.2 Å². The number of carbonyl (C=O) groups is 1. The summed E-state index contributed by atoms with van der Waals surface area (Å²) in [5.74, 6) is -0.193. The molecule has 0 aliphatic rings. The van der Waals surface area contributed by atoms with Gasteiger partial charge in [-0.3, -0.25) is 4.79 Å². The average molecular weight is 311 g/mol. The van der Waals surface area contributed by atoms with E-state index in [0.717, 1.165) is 27.2 Å². The molecule has 1 aromatic carbocycles. The Morgan fingerprint density at radius 2 is 1.91 bits per heavy atom. The quantitative estimate of drug-likeness (QED) is 0.750. The predicted octanol–water partition coefficient (Wildman–Crippen LogP) is 4.06. The van der Waals surface area contributed by atoms with Gasteiger partial charge in [0.15, 0.2) is 0 Å². The van der Waals surface area contributed by atoms with Gasteiger partial charge in [-0.25, -0.2) is 4.98 Å². The number of benzene rings is 1. The summed E-state index contributed by atoms with van der Waals surface area (Å²) in [5, 5.41) is 3.74. The van der Waals surface area contributed by atoms with E-state index < -0.39 is 0 Å². The number of anilines is 2. The maximum atomic E-state index is 12.5. The highest BCUT2D eigenvalue weighted by molar-refractivity contribution is 7.21. The van der Waals surface area contributed by atoms with Crippen molar-refractivity contribution in [1.82, 2.24) is 4.98 Å². The van der Waals surface area contributed by atoms with Crippen molar-refractivity contribution < 1.29 is 4.79 Å². The number of rotatable bonds is 2. The van der Waals surface area contributed by atoms with Gasteiger partial charge in [-0.05, 0) is 56.2 Å². The number of nitrogens with two attached hydrogens (primary N) is 1. The van der Waals surface area contributed by atoms with Gasteiger partial charge in [0.2, 0.25) is 0 Å². The molecule has 5 heteroatoms. The van der Waals surface area contributed by atoms with Crippen LogP contribution in [-0.2, 0) is 0 Å². The molecule has 3 rings (SSSR count). The highest BCUT2D eigenvalue weighted by Crippen LogP contribution is 2.33. The van der Waals surface area contributed by atoms with Gasteiger partial charge in [-0.1, -0.05) is 6.07 Å². The van der Waals surface area contributed by atoms with Crippen LogP contribution in [0, 0.1) is 20.8 Å². The van der Waals surface area contributed by atoms with Crippen molar-refractivity contribution in [2.24, 2.45) is 0 Å². The van der Waals surface area contributed by atoms with E-state index in [-0.39, 0.29) is 5.91 Å². The number of aryl methyl sites for hydroxylation is 3. The zero-order chi connectivity index (χ0) is 15.9. The molecule has 0 radical (unpaired) electrons. The molecule has 1 amide bonds. The Bertz CT molecular complexity index is 883. The van der Waals surface area contributed by atoms with Crippen molar-refractivity contribution in [3.05, 3.63) is 52.0 Å². The van der Waals surface area contributed by atoms with Crippen LogP contribution in [0.2, 0.25) is 0 Å². The second-order valence-electron chi connectivity index (χ2n) is 5.40. The van der Waals surface area contributed by atoms with Gasteiger partial charge < -0.3 is 11.1 Å². The molecule has 2 heterocycles. The van der Waals surface area contributed by atoms with E-state index in [1.165, 1.54) is 16.9 Å². The SMILES string of the molecule is Cc1ccc2c(N)c(C(=O)Nc3ccc(C)c(C)c3)sc2n1. The molecule has 4 nitrogen and oxygen atoms in total. The number of hydrogen-bond acceptors (Lipinski definition) is 4. The third-order valence-electron chi connectivity index (χ3n) is 3.70. The van der Waals surface area contributed by atoms with Gasteiger partial charge in [0.1, 0.15) is 9.71 Å². The van der Waals surface area contributed by atoms with Crippen LogP contribution in [0.15, 0.2) is 30.3 Å². The standard InChI is InChI=1S/C17H17N3OS/c1-9-4-6-12(8-10(9)2)20-16(21)15-14(18)13-7-5-11(3)19-17(13)22-15/h4-8H,18H2,1-3H3,(H,20,21). The molecule has 3 aromatic rings. The zero-order valence-corrected chi connectivity index (χ0v) is 13.5. The van der Waals surface area contributed by atoms with Crippen LogP contribution in [0.1, 0.15) is 26.5 Å². The normalized spacial score (nSPS) is 10.9. The molecule has 0 spiro atoms. The van der Waals surface area contributed by atoms with E-state index in [1.807, 2.05) is 51.1 Å². The maximum Gasteiger partial charge on any atom is 0.267 e. The topological polar surface area (TPSA) is 68.0 Å². The Morgan fingerprint density at radius 3 is 2.64 bits per heavy atom. The summed E-state index contributed by atoms with van der Waals surface area (Å²) in [7, 11) is 0. The lowest BCUT2D eigenvalue weighted by Gasteiger charge is -2.07. The third kappa shape index (κ3) is 2.55. The Kier molecular flexibility index (Phi) is 3.58. The minimum Gasteiger partial charge on any atom is -0.397 e. The van der Waals surface area contributed by atoms with E-state index >= 15 is 0 Å². The van der Waals surface area contributed by atoms with Crippen molar-refractivity contribution in [2.45, 2.75) is 20.8 Å². The Balaban J connectivity index is 1.94. The number of fused-ring (bicyclic) bond motifs is 1. The Morgan fingerprint density at radius 1 is 1.14 bits per heavy atom. The van der Waals surface area contributed by atoms with Crippen LogP contribution in [0.5, 0.6) is 0 Å². The summed E-state index contributed by atoms with van der Waals surface area (Å²) >= 11 is 1.32. The highest BCUT2D eigenvalue weighted by Gasteiger charge is 2.17. The van der Waals surface area contributed by atoms with Gasteiger partial charge >= 0.3 is 0 Å². The Hall–Kier alpha value is -2.40. The number of nitrogen functional groups attached to an aromatic ring is 1. The fourth-order valence-corrected chi connectivity index (χ4v) is 3.30. The van der Waals surface area contributed by atoms with Gasteiger partial charge in [0, 0.05) is 16.8 Å². The predicted molar refractivity (Wildman–Crippen MR) is 92.6 cm³/mol. The first-order valence-corrected chi connectivity index (χ1v) is 7.81. The smallest absolute Gasteiger partial charge is 0.267 e. The molecule has 0 saturated heterocycles. The average Bonchev–Trinajstić information content (AvgIpc) is 2.79. The summed E-state index contributed by atoms with van der Waals surface area (Å²) in [6.45, 7) is 5.98. The van der Waals surface area contributed by atoms with Gasteiger partial charge in [-0.15, -0.1) is 11.3 Å². The summed E-state index contributed by atoms with van der Waals surface area (Å²) in [5.41, 5.74) is 10.6. The van der Waals surface area contributed by atoms with E-state index in [0.29, 0.717) is 10.6 Å². The van der Waals surface area contributed by atoms with Crippen molar-refractivity contribution >= 4 is 38.8 Å². The number of carbonyl (C=O) groups excluding carboxylic acids is 1. The molecular formula is C17H17N3OS. The fourth-order valence-electron chi connectivity index (χ4n) is 2.27. The molecule has 0 saturated carbocycles. The molecule has 112 valence electrons. The van der Waals surface area contributed by atoms with Crippen LogP contribution >= 0.6 is 11.3 Å². The van der Waals surface area contributed by atoms with Crippen LogP contribution < -0.4 is 11.1 Å². The monoisotopic (exact) mass is 311 g/mol. The minimum atomic E-state index is -0.193. The van der Waals surface area contributed by atoms with Crippen LogP contribution in [-0.4, -0.2) is 10.9 Å².